The van der Waals surface area contributed by atoms with Crippen LogP contribution in [0, 0.1) is 5.82 Å². The third-order valence-electron chi connectivity index (χ3n) is 4.20. The zero-order valence-electron chi connectivity index (χ0n) is 13.4. The minimum absolute atomic E-state index is 0.300. The molecule has 0 aliphatic carbocycles. The van der Waals surface area contributed by atoms with Crippen molar-refractivity contribution in [1.82, 2.24) is 5.32 Å². The van der Waals surface area contributed by atoms with E-state index in [1.165, 1.54) is 24.3 Å². The van der Waals surface area contributed by atoms with Gasteiger partial charge in [0.15, 0.2) is 6.10 Å². The van der Waals surface area contributed by atoms with E-state index in [1.807, 2.05) is 24.3 Å². The van der Waals surface area contributed by atoms with Crippen molar-refractivity contribution < 1.29 is 23.8 Å². The Morgan fingerprint density at radius 3 is 2.64 bits per heavy atom. The fraction of sp³-hybridized carbons (Fsp3) is 0.263. The first-order chi connectivity index (χ1) is 12.0. The van der Waals surface area contributed by atoms with Crippen molar-refractivity contribution in [2.75, 3.05) is 6.61 Å². The summed E-state index contributed by atoms with van der Waals surface area (Å²) in [4.78, 5) is 23.8. The third kappa shape index (κ3) is 4.03. The summed E-state index contributed by atoms with van der Waals surface area (Å²) in [6, 6.07) is 12.2. The van der Waals surface area contributed by atoms with Gasteiger partial charge >= 0.3 is 5.97 Å². The molecular formula is C19H18FNO4. The first kappa shape index (κ1) is 17.1. The first-order valence-corrected chi connectivity index (χ1v) is 8.01. The summed E-state index contributed by atoms with van der Waals surface area (Å²) in [6.07, 6.45) is -0.343. The number of carboxylic acids is 1. The van der Waals surface area contributed by atoms with Gasteiger partial charge in [-0.1, -0.05) is 36.4 Å². The minimum Gasteiger partial charge on any atom is -0.481 e. The van der Waals surface area contributed by atoms with Gasteiger partial charge in [0.25, 0.3) is 5.91 Å². The Labute approximate surface area is 144 Å². The molecule has 6 heteroatoms. The predicted octanol–water partition coefficient (Wildman–Crippen LogP) is 2.77. The van der Waals surface area contributed by atoms with Gasteiger partial charge in [-0.2, -0.15) is 0 Å². The summed E-state index contributed by atoms with van der Waals surface area (Å²) in [5.74, 6) is -1.88. The SMILES string of the molecule is O=C(O)C[C@@H](NC(=O)[C@H]1OCCc2ccccc21)c1ccc(F)cc1. The maximum atomic E-state index is 13.1. The van der Waals surface area contributed by atoms with Crippen LogP contribution in [-0.2, 0) is 20.7 Å². The largest absolute Gasteiger partial charge is 0.481 e. The van der Waals surface area contributed by atoms with Crippen molar-refractivity contribution in [3.05, 3.63) is 71.0 Å². The summed E-state index contributed by atoms with van der Waals surface area (Å²) in [5, 5.41) is 11.9. The molecule has 25 heavy (non-hydrogen) atoms. The Hall–Kier alpha value is -2.73. The highest BCUT2D eigenvalue weighted by molar-refractivity contribution is 5.84. The number of fused-ring (bicyclic) bond motifs is 1. The predicted molar refractivity (Wildman–Crippen MR) is 88.4 cm³/mol. The molecule has 1 heterocycles. The smallest absolute Gasteiger partial charge is 0.305 e. The van der Waals surface area contributed by atoms with Crippen LogP contribution in [0.15, 0.2) is 48.5 Å². The third-order valence-corrected chi connectivity index (χ3v) is 4.20. The maximum absolute atomic E-state index is 13.1. The average Bonchev–Trinajstić information content (AvgIpc) is 2.61. The Kier molecular flexibility index (Phi) is 5.09. The summed E-state index contributed by atoms with van der Waals surface area (Å²) >= 11 is 0. The highest BCUT2D eigenvalue weighted by Gasteiger charge is 2.29. The molecule has 130 valence electrons. The molecule has 1 aliphatic heterocycles. The van der Waals surface area contributed by atoms with Gasteiger partial charge in [-0.3, -0.25) is 9.59 Å². The van der Waals surface area contributed by atoms with Crippen molar-refractivity contribution in [2.45, 2.75) is 25.0 Å². The van der Waals surface area contributed by atoms with Crippen LogP contribution in [0.3, 0.4) is 0 Å². The topological polar surface area (TPSA) is 75.6 Å². The van der Waals surface area contributed by atoms with Crippen molar-refractivity contribution in [3.8, 4) is 0 Å². The van der Waals surface area contributed by atoms with Crippen LogP contribution in [0.25, 0.3) is 0 Å². The monoisotopic (exact) mass is 343 g/mol. The van der Waals surface area contributed by atoms with E-state index in [0.717, 1.165) is 17.5 Å². The number of ether oxygens (including phenoxy) is 1. The lowest BCUT2D eigenvalue weighted by Gasteiger charge is -2.27. The minimum atomic E-state index is -1.06. The van der Waals surface area contributed by atoms with Crippen LogP contribution >= 0.6 is 0 Å². The number of aliphatic carboxylic acids is 1. The highest BCUT2D eigenvalue weighted by atomic mass is 19.1. The zero-order valence-corrected chi connectivity index (χ0v) is 13.4. The van der Waals surface area contributed by atoms with Crippen LogP contribution in [0.4, 0.5) is 4.39 Å². The van der Waals surface area contributed by atoms with Crippen LogP contribution in [-0.4, -0.2) is 23.6 Å². The standard InChI is InChI=1S/C19H18FNO4/c20-14-7-5-13(6-8-14)16(11-17(22)23)21-19(24)18-15-4-2-1-3-12(15)9-10-25-18/h1-8,16,18H,9-11H2,(H,21,24)(H,22,23)/t16-,18+/m1/s1. The quantitative estimate of drug-likeness (QED) is 0.875. The molecule has 0 spiro atoms. The Bertz CT molecular complexity index is 775. The molecule has 0 fully saturated rings. The molecule has 0 aromatic heterocycles. The molecule has 0 bridgehead atoms. The van der Waals surface area contributed by atoms with E-state index in [2.05, 4.69) is 5.32 Å². The summed E-state index contributed by atoms with van der Waals surface area (Å²) in [5.41, 5.74) is 2.37. The van der Waals surface area contributed by atoms with E-state index >= 15 is 0 Å². The number of carbonyl (C=O) groups is 2. The molecule has 0 saturated heterocycles. The van der Waals surface area contributed by atoms with E-state index in [0.29, 0.717) is 12.2 Å². The molecule has 2 aromatic carbocycles. The summed E-state index contributed by atoms with van der Waals surface area (Å²) in [6.45, 7) is 0.426. The van der Waals surface area contributed by atoms with Crippen molar-refractivity contribution in [2.24, 2.45) is 0 Å². The highest BCUT2D eigenvalue weighted by Crippen LogP contribution is 2.28. The van der Waals surface area contributed by atoms with E-state index < -0.39 is 29.8 Å². The fourth-order valence-corrected chi connectivity index (χ4v) is 2.98. The van der Waals surface area contributed by atoms with Gasteiger partial charge in [-0.15, -0.1) is 0 Å². The van der Waals surface area contributed by atoms with Crippen LogP contribution in [0.5, 0.6) is 0 Å². The van der Waals surface area contributed by atoms with Gasteiger partial charge in [-0.25, -0.2) is 4.39 Å². The molecule has 2 atom stereocenters. The van der Waals surface area contributed by atoms with Gasteiger partial charge in [-0.05, 0) is 35.2 Å². The molecule has 1 amide bonds. The molecule has 0 radical (unpaired) electrons. The van der Waals surface area contributed by atoms with E-state index in [1.54, 1.807) is 0 Å². The lowest BCUT2D eigenvalue weighted by atomic mass is 9.96. The van der Waals surface area contributed by atoms with Gasteiger partial charge < -0.3 is 15.2 Å². The second-order valence-corrected chi connectivity index (χ2v) is 5.91. The number of amides is 1. The van der Waals surface area contributed by atoms with Gasteiger partial charge in [0.1, 0.15) is 5.82 Å². The van der Waals surface area contributed by atoms with Gasteiger partial charge in [0.2, 0.25) is 0 Å². The average molecular weight is 343 g/mol. The normalized spacial score (nSPS) is 17.4. The second-order valence-electron chi connectivity index (χ2n) is 5.91. The number of carboxylic acid groups (broad SMARTS) is 1. The molecule has 3 rings (SSSR count). The number of carbonyl (C=O) groups excluding carboxylic acids is 1. The molecule has 1 aliphatic rings. The van der Waals surface area contributed by atoms with E-state index in [-0.39, 0.29) is 6.42 Å². The lowest BCUT2D eigenvalue weighted by molar-refractivity contribution is -0.139. The van der Waals surface area contributed by atoms with E-state index in [9.17, 15) is 14.0 Å². The molecule has 0 saturated carbocycles. The maximum Gasteiger partial charge on any atom is 0.305 e. The summed E-state index contributed by atoms with van der Waals surface area (Å²) < 4.78 is 18.7. The lowest BCUT2D eigenvalue weighted by Crippen LogP contribution is -2.37. The summed E-state index contributed by atoms with van der Waals surface area (Å²) in [7, 11) is 0. The van der Waals surface area contributed by atoms with Crippen LogP contribution < -0.4 is 5.32 Å². The number of halogens is 1. The number of rotatable bonds is 5. The molecular weight excluding hydrogens is 325 g/mol. The van der Waals surface area contributed by atoms with Crippen LogP contribution in [0.2, 0.25) is 0 Å². The van der Waals surface area contributed by atoms with Gasteiger partial charge in [0.05, 0.1) is 19.1 Å². The van der Waals surface area contributed by atoms with Crippen molar-refractivity contribution in [1.29, 1.82) is 0 Å². The van der Waals surface area contributed by atoms with Gasteiger partial charge in [0, 0.05) is 0 Å². The Morgan fingerprint density at radius 1 is 1.20 bits per heavy atom. The first-order valence-electron chi connectivity index (χ1n) is 8.01. The molecule has 2 aromatic rings. The van der Waals surface area contributed by atoms with Crippen molar-refractivity contribution >= 4 is 11.9 Å². The van der Waals surface area contributed by atoms with E-state index in [4.69, 9.17) is 9.84 Å². The number of hydrogen-bond acceptors (Lipinski definition) is 3. The number of nitrogens with one attached hydrogen (secondary N) is 1. The van der Waals surface area contributed by atoms with Crippen molar-refractivity contribution in [3.63, 3.8) is 0 Å². The second kappa shape index (κ2) is 7.44. The molecule has 0 unspecified atom stereocenters. The zero-order chi connectivity index (χ0) is 17.8. The number of benzene rings is 2. The molecule has 5 nitrogen and oxygen atoms in total. The van der Waals surface area contributed by atoms with Crippen LogP contribution in [0.1, 0.15) is 35.3 Å². The Balaban J connectivity index is 1.81. The number of hydrogen-bond donors (Lipinski definition) is 2. The fourth-order valence-electron chi connectivity index (χ4n) is 2.98. The molecule has 2 N–H and O–H groups in total. The Morgan fingerprint density at radius 2 is 1.92 bits per heavy atom.